The summed E-state index contributed by atoms with van der Waals surface area (Å²) in [6.45, 7) is 11.6. The molecule has 84 valence electrons. The third-order valence-electron chi connectivity index (χ3n) is 3.61. The molecule has 14 heavy (non-hydrogen) atoms. The van der Waals surface area contributed by atoms with Gasteiger partial charge in [0.1, 0.15) is 0 Å². The lowest BCUT2D eigenvalue weighted by molar-refractivity contribution is 0.273. The summed E-state index contributed by atoms with van der Waals surface area (Å²) < 4.78 is 0. The zero-order valence-corrected chi connectivity index (χ0v) is 10.8. The molecule has 0 heterocycles. The second kappa shape index (κ2) is 7.09. The van der Waals surface area contributed by atoms with Gasteiger partial charge in [-0.15, -0.1) is 0 Å². The Labute approximate surface area is 90.8 Å². The molecule has 0 fully saturated rings. The van der Waals surface area contributed by atoms with Gasteiger partial charge in [0.05, 0.1) is 0 Å². The molecule has 0 aromatic heterocycles. The van der Waals surface area contributed by atoms with E-state index >= 15 is 0 Å². The van der Waals surface area contributed by atoms with Crippen molar-refractivity contribution in [3.63, 3.8) is 0 Å². The standard InChI is InChI=1S/C14H28/c1-6-9-10-13(4)11-12-14(5,7-2)8-3/h10H,6-9,11-12H2,1-5H3. The third kappa shape index (κ3) is 5.47. The summed E-state index contributed by atoms with van der Waals surface area (Å²) in [7, 11) is 0. The topological polar surface area (TPSA) is 0 Å². The van der Waals surface area contributed by atoms with Gasteiger partial charge < -0.3 is 0 Å². The zero-order valence-electron chi connectivity index (χ0n) is 10.8. The molecule has 0 nitrogen and oxygen atoms in total. The van der Waals surface area contributed by atoms with Gasteiger partial charge in [-0.05, 0) is 31.6 Å². The van der Waals surface area contributed by atoms with Crippen molar-refractivity contribution in [3.05, 3.63) is 11.6 Å². The molecule has 0 atom stereocenters. The predicted octanol–water partition coefficient (Wildman–Crippen LogP) is 5.34. The first-order valence-corrected chi connectivity index (χ1v) is 6.23. The Morgan fingerprint density at radius 3 is 2.14 bits per heavy atom. The van der Waals surface area contributed by atoms with E-state index in [0.29, 0.717) is 5.41 Å². The van der Waals surface area contributed by atoms with Crippen LogP contribution in [0.3, 0.4) is 0 Å². The van der Waals surface area contributed by atoms with Crippen molar-refractivity contribution >= 4 is 0 Å². The van der Waals surface area contributed by atoms with E-state index in [9.17, 15) is 0 Å². The number of hydrogen-bond donors (Lipinski definition) is 0. The normalized spacial score (nSPS) is 13.4. The fourth-order valence-electron chi connectivity index (χ4n) is 1.60. The highest BCUT2D eigenvalue weighted by Crippen LogP contribution is 2.32. The first-order valence-electron chi connectivity index (χ1n) is 6.23. The second-order valence-corrected chi connectivity index (χ2v) is 4.86. The van der Waals surface area contributed by atoms with Crippen LogP contribution in [0.1, 0.15) is 73.1 Å². The van der Waals surface area contributed by atoms with Crippen LogP contribution in [0.5, 0.6) is 0 Å². The van der Waals surface area contributed by atoms with Gasteiger partial charge in [-0.1, -0.05) is 58.6 Å². The maximum atomic E-state index is 2.42. The Morgan fingerprint density at radius 2 is 1.71 bits per heavy atom. The molecular formula is C14H28. The SMILES string of the molecule is CCCC=C(C)CCC(C)(CC)CC. The Kier molecular flexibility index (Phi) is 6.96. The van der Waals surface area contributed by atoms with Gasteiger partial charge >= 0.3 is 0 Å². The fourth-order valence-corrected chi connectivity index (χ4v) is 1.60. The average molecular weight is 196 g/mol. The largest absolute Gasteiger partial charge is 0.0856 e. The van der Waals surface area contributed by atoms with E-state index in [1.54, 1.807) is 5.57 Å². The molecule has 0 rings (SSSR count). The molecule has 0 unspecified atom stereocenters. The summed E-state index contributed by atoms with van der Waals surface area (Å²) in [5.41, 5.74) is 2.15. The maximum absolute atomic E-state index is 2.42. The molecule has 0 saturated carbocycles. The molecular weight excluding hydrogens is 168 g/mol. The summed E-state index contributed by atoms with van der Waals surface area (Å²) in [4.78, 5) is 0. The fraction of sp³-hybridized carbons (Fsp3) is 0.857. The van der Waals surface area contributed by atoms with Gasteiger partial charge in [0.2, 0.25) is 0 Å². The molecule has 0 amide bonds. The quantitative estimate of drug-likeness (QED) is 0.482. The van der Waals surface area contributed by atoms with E-state index in [0.717, 1.165) is 0 Å². The van der Waals surface area contributed by atoms with Crippen LogP contribution in [0.2, 0.25) is 0 Å². The highest BCUT2D eigenvalue weighted by atomic mass is 14.2. The Balaban J connectivity index is 3.91. The Morgan fingerprint density at radius 1 is 1.14 bits per heavy atom. The second-order valence-electron chi connectivity index (χ2n) is 4.86. The lowest BCUT2D eigenvalue weighted by atomic mass is 9.79. The Hall–Kier alpha value is -0.260. The molecule has 0 N–H and O–H groups in total. The van der Waals surface area contributed by atoms with Gasteiger partial charge in [0.15, 0.2) is 0 Å². The summed E-state index contributed by atoms with van der Waals surface area (Å²) in [5.74, 6) is 0. The van der Waals surface area contributed by atoms with Crippen LogP contribution in [0, 0.1) is 5.41 Å². The average Bonchev–Trinajstić information content (AvgIpc) is 2.23. The molecule has 0 saturated heterocycles. The summed E-state index contributed by atoms with van der Waals surface area (Å²) >= 11 is 0. The number of unbranched alkanes of at least 4 members (excludes halogenated alkanes) is 1. The van der Waals surface area contributed by atoms with E-state index in [-0.39, 0.29) is 0 Å². The van der Waals surface area contributed by atoms with Gasteiger partial charge in [-0.2, -0.15) is 0 Å². The van der Waals surface area contributed by atoms with Gasteiger partial charge in [-0.25, -0.2) is 0 Å². The molecule has 0 aromatic rings. The highest BCUT2D eigenvalue weighted by molar-refractivity contribution is 4.98. The van der Waals surface area contributed by atoms with E-state index in [1.165, 1.54) is 38.5 Å². The minimum atomic E-state index is 0.571. The molecule has 0 spiro atoms. The van der Waals surface area contributed by atoms with E-state index < -0.39 is 0 Å². The smallest absolute Gasteiger partial charge is 0.0318 e. The van der Waals surface area contributed by atoms with Crippen molar-refractivity contribution in [1.29, 1.82) is 0 Å². The first-order chi connectivity index (χ1) is 6.58. The molecule has 0 aromatic carbocycles. The van der Waals surface area contributed by atoms with Crippen LogP contribution in [0.15, 0.2) is 11.6 Å². The van der Waals surface area contributed by atoms with Crippen LogP contribution < -0.4 is 0 Å². The van der Waals surface area contributed by atoms with Crippen LogP contribution in [-0.4, -0.2) is 0 Å². The Bertz CT molecular complexity index is 161. The molecule has 0 aliphatic carbocycles. The third-order valence-corrected chi connectivity index (χ3v) is 3.61. The van der Waals surface area contributed by atoms with Crippen molar-refractivity contribution in [2.75, 3.05) is 0 Å². The first kappa shape index (κ1) is 13.7. The van der Waals surface area contributed by atoms with Gasteiger partial charge in [0, 0.05) is 0 Å². The van der Waals surface area contributed by atoms with Crippen LogP contribution >= 0.6 is 0 Å². The lowest BCUT2D eigenvalue weighted by Gasteiger charge is -2.26. The minimum absolute atomic E-state index is 0.571. The van der Waals surface area contributed by atoms with Crippen molar-refractivity contribution < 1.29 is 0 Å². The summed E-state index contributed by atoms with van der Waals surface area (Å²) in [6, 6.07) is 0. The zero-order chi connectivity index (χ0) is 11.0. The summed E-state index contributed by atoms with van der Waals surface area (Å²) in [6.07, 6.45) is 10.2. The van der Waals surface area contributed by atoms with Crippen LogP contribution in [-0.2, 0) is 0 Å². The monoisotopic (exact) mass is 196 g/mol. The van der Waals surface area contributed by atoms with E-state index in [1.807, 2.05) is 0 Å². The van der Waals surface area contributed by atoms with Crippen molar-refractivity contribution in [2.45, 2.75) is 73.1 Å². The van der Waals surface area contributed by atoms with Crippen LogP contribution in [0.4, 0.5) is 0 Å². The van der Waals surface area contributed by atoms with E-state index in [4.69, 9.17) is 0 Å². The van der Waals surface area contributed by atoms with Crippen molar-refractivity contribution in [3.8, 4) is 0 Å². The van der Waals surface area contributed by atoms with Crippen LogP contribution in [0.25, 0.3) is 0 Å². The highest BCUT2D eigenvalue weighted by Gasteiger charge is 2.18. The minimum Gasteiger partial charge on any atom is -0.0856 e. The molecule has 0 aliphatic rings. The van der Waals surface area contributed by atoms with Gasteiger partial charge in [-0.3, -0.25) is 0 Å². The van der Waals surface area contributed by atoms with Crippen molar-refractivity contribution in [1.82, 2.24) is 0 Å². The number of rotatable bonds is 7. The van der Waals surface area contributed by atoms with Gasteiger partial charge in [0.25, 0.3) is 0 Å². The lowest BCUT2D eigenvalue weighted by Crippen LogP contribution is -2.13. The molecule has 0 aliphatic heterocycles. The summed E-state index contributed by atoms with van der Waals surface area (Å²) in [5, 5.41) is 0. The van der Waals surface area contributed by atoms with Crippen molar-refractivity contribution in [2.24, 2.45) is 5.41 Å². The molecule has 0 bridgehead atoms. The number of hydrogen-bond acceptors (Lipinski definition) is 0. The maximum Gasteiger partial charge on any atom is -0.0318 e. The predicted molar refractivity (Wildman–Crippen MR) is 66.6 cm³/mol. The molecule has 0 heteroatoms. The van der Waals surface area contributed by atoms with E-state index in [2.05, 4.69) is 40.7 Å². The number of allylic oxidation sites excluding steroid dienone is 2. The molecule has 0 radical (unpaired) electrons.